The van der Waals surface area contributed by atoms with E-state index in [4.69, 9.17) is 0 Å². The second-order valence-corrected chi connectivity index (χ2v) is 6.05. The Morgan fingerprint density at radius 2 is 1.95 bits per heavy atom. The van der Waals surface area contributed by atoms with E-state index in [1.54, 1.807) is 6.07 Å². The molecule has 0 bridgehead atoms. The van der Waals surface area contributed by atoms with Crippen LogP contribution < -0.4 is 0 Å². The molecule has 1 N–H and O–H groups in total. The molecule has 21 heavy (non-hydrogen) atoms. The van der Waals surface area contributed by atoms with Crippen LogP contribution in [-0.4, -0.2) is 28.9 Å². The van der Waals surface area contributed by atoms with Crippen LogP contribution in [0.1, 0.15) is 57.9 Å². The standard InChI is InChI=1S/C18H27NO2/c1-3-5-13-19(4-2)18(11-9-16(20)10-12-18)15-7-6-8-17(21)14-15/h6-8,14,21H,3-5,9-13H2,1-2H3. The second-order valence-electron chi connectivity index (χ2n) is 6.05. The Bertz CT molecular complexity index is 474. The van der Waals surface area contributed by atoms with Crippen molar-refractivity contribution < 1.29 is 9.90 Å². The van der Waals surface area contributed by atoms with E-state index in [2.05, 4.69) is 24.8 Å². The van der Waals surface area contributed by atoms with Gasteiger partial charge in [-0.1, -0.05) is 32.4 Å². The summed E-state index contributed by atoms with van der Waals surface area (Å²) in [4.78, 5) is 14.2. The van der Waals surface area contributed by atoms with Gasteiger partial charge in [-0.2, -0.15) is 0 Å². The van der Waals surface area contributed by atoms with Gasteiger partial charge in [0, 0.05) is 18.4 Å². The minimum absolute atomic E-state index is 0.0867. The van der Waals surface area contributed by atoms with Crippen molar-refractivity contribution in [2.75, 3.05) is 13.1 Å². The number of hydrogen-bond acceptors (Lipinski definition) is 3. The summed E-state index contributed by atoms with van der Waals surface area (Å²) < 4.78 is 0. The van der Waals surface area contributed by atoms with E-state index in [9.17, 15) is 9.90 Å². The maximum absolute atomic E-state index is 11.7. The van der Waals surface area contributed by atoms with E-state index in [0.717, 1.165) is 31.5 Å². The molecular formula is C18H27NO2. The largest absolute Gasteiger partial charge is 0.508 e. The molecule has 1 fully saturated rings. The van der Waals surface area contributed by atoms with Crippen LogP contribution in [0.25, 0.3) is 0 Å². The summed E-state index contributed by atoms with van der Waals surface area (Å²) in [6.07, 6.45) is 5.38. The second kappa shape index (κ2) is 7.08. The van der Waals surface area contributed by atoms with Gasteiger partial charge in [-0.3, -0.25) is 9.69 Å². The van der Waals surface area contributed by atoms with Crippen molar-refractivity contribution in [3.05, 3.63) is 29.8 Å². The van der Waals surface area contributed by atoms with Crippen molar-refractivity contribution in [3.63, 3.8) is 0 Å². The highest BCUT2D eigenvalue weighted by molar-refractivity contribution is 5.79. The first-order chi connectivity index (χ1) is 10.1. The number of benzene rings is 1. The number of carbonyl (C=O) groups is 1. The van der Waals surface area contributed by atoms with Crippen molar-refractivity contribution in [2.45, 2.75) is 57.9 Å². The lowest BCUT2D eigenvalue weighted by molar-refractivity contribution is -0.123. The van der Waals surface area contributed by atoms with Crippen LogP contribution >= 0.6 is 0 Å². The van der Waals surface area contributed by atoms with Gasteiger partial charge in [-0.25, -0.2) is 0 Å². The van der Waals surface area contributed by atoms with Crippen LogP contribution in [0.3, 0.4) is 0 Å². The lowest BCUT2D eigenvalue weighted by atomic mass is 9.74. The fourth-order valence-corrected chi connectivity index (χ4v) is 3.55. The predicted octanol–water partition coefficient (Wildman–Crippen LogP) is 3.85. The van der Waals surface area contributed by atoms with E-state index in [1.165, 1.54) is 12.8 Å². The van der Waals surface area contributed by atoms with Gasteiger partial charge in [0.2, 0.25) is 0 Å². The van der Waals surface area contributed by atoms with Gasteiger partial charge in [-0.05, 0) is 50.0 Å². The summed E-state index contributed by atoms with van der Waals surface area (Å²) in [5.41, 5.74) is 1.07. The topological polar surface area (TPSA) is 40.5 Å². The molecule has 0 heterocycles. The number of aromatic hydroxyl groups is 1. The Balaban J connectivity index is 2.36. The van der Waals surface area contributed by atoms with Crippen molar-refractivity contribution >= 4 is 5.78 Å². The molecule has 3 nitrogen and oxygen atoms in total. The summed E-state index contributed by atoms with van der Waals surface area (Å²) >= 11 is 0. The number of ketones is 1. The number of phenols is 1. The zero-order valence-corrected chi connectivity index (χ0v) is 13.3. The zero-order chi connectivity index (χ0) is 15.3. The third kappa shape index (κ3) is 3.46. The van der Waals surface area contributed by atoms with E-state index in [0.29, 0.717) is 24.4 Å². The van der Waals surface area contributed by atoms with Gasteiger partial charge in [0.25, 0.3) is 0 Å². The molecule has 0 aromatic heterocycles. The molecule has 0 atom stereocenters. The van der Waals surface area contributed by atoms with E-state index < -0.39 is 0 Å². The molecule has 0 radical (unpaired) electrons. The monoisotopic (exact) mass is 289 g/mol. The number of rotatable bonds is 6. The fourth-order valence-electron chi connectivity index (χ4n) is 3.55. The highest BCUT2D eigenvalue weighted by Crippen LogP contribution is 2.42. The third-order valence-electron chi connectivity index (χ3n) is 4.79. The molecule has 3 heteroatoms. The van der Waals surface area contributed by atoms with E-state index in [1.807, 2.05) is 12.1 Å². The molecule has 116 valence electrons. The summed E-state index contributed by atoms with van der Waals surface area (Å²) in [5.74, 6) is 0.688. The summed E-state index contributed by atoms with van der Waals surface area (Å²) in [6, 6.07) is 7.61. The molecule has 1 saturated carbocycles. The molecule has 1 aromatic rings. The van der Waals surface area contributed by atoms with E-state index in [-0.39, 0.29) is 5.54 Å². The number of Topliss-reactive ketones (excluding diaryl/α,β-unsaturated/α-hetero) is 1. The minimum Gasteiger partial charge on any atom is -0.508 e. The average Bonchev–Trinajstić information content (AvgIpc) is 2.50. The number of phenolic OH excluding ortho intramolecular Hbond substituents is 1. The van der Waals surface area contributed by atoms with Crippen molar-refractivity contribution in [1.82, 2.24) is 4.90 Å². The zero-order valence-electron chi connectivity index (χ0n) is 13.3. The Morgan fingerprint density at radius 1 is 1.24 bits per heavy atom. The first-order valence-corrected chi connectivity index (χ1v) is 8.18. The van der Waals surface area contributed by atoms with Crippen molar-refractivity contribution in [2.24, 2.45) is 0 Å². The molecule has 0 unspecified atom stereocenters. The van der Waals surface area contributed by atoms with Gasteiger partial charge in [-0.15, -0.1) is 0 Å². The number of carbonyl (C=O) groups excluding carboxylic acids is 1. The van der Waals surface area contributed by atoms with Crippen LogP contribution in [0.4, 0.5) is 0 Å². The first kappa shape index (κ1) is 16.0. The Labute approximate surface area is 128 Å². The van der Waals surface area contributed by atoms with Gasteiger partial charge < -0.3 is 5.11 Å². The quantitative estimate of drug-likeness (QED) is 0.864. The molecular weight excluding hydrogens is 262 g/mol. The summed E-state index contributed by atoms with van der Waals surface area (Å²) in [6.45, 7) is 6.43. The van der Waals surface area contributed by atoms with Gasteiger partial charge in [0.1, 0.15) is 11.5 Å². The summed E-state index contributed by atoms with van der Waals surface area (Å²) in [7, 11) is 0. The van der Waals surface area contributed by atoms with Gasteiger partial charge in [0.05, 0.1) is 0 Å². The number of unbranched alkanes of at least 4 members (excludes halogenated alkanes) is 1. The lowest BCUT2D eigenvalue weighted by Gasteiger charge is -2.46. The molecule has 2 rings (SSSR count). The minimum atomic E-state index is -0.0867. The molecule has 1 aromatic carbocycles. The summed E-state index contributed by atoms with van der Waals surface area (Å²) in [5, 5.41) is 9.86. The maximum atomic E-state index is 11.7. The predicted molar refractivity (Wildman–Crippen MR) is 85.4 cm³/mol. The normalized spacial score (nSPS) is 18.1. The third-order valence-corrected chi connectivity index (χ3v) is 4.79. The Morgan fingerprint density at radius 3 is 2.52 bits per heavy atom. The highest BCUT2D eigenvalue weighted by Gasteiger charge is 2.40. The van der Waals surface area contributed by atoms with Crippen LogP contribution in [0.2, 0.25) is 0 Å². The van der Waals surface area contributed by atoms with E-state index >= 15 is 0 Å². The first-order valence-electron chi connectivity index (χ1n) is 8.18. The number of hydrogen-bond donors (Lipinski definition) is 1. The smallest absolute Gasteiger partial charge is 0.133 e. The van der Waals surface area contributed by atoms with Gasteiger partial charge >= 0.3 is 0 Å². The van der Waals surface area contributed by atoms with Crippen molar-refractivity contribution in [3.8, 4) is 5.75 Å². The van der Waals surface area contributed by atoms with Crippen LogP contribution in [0.15, 0.2) is 24.3 Å². The molecule has 0 amide bonds. The molecule has 0 aliphatic heterocycles. The fraction of sp³-hybridized carbons (Fsp3) is 0.611. The maximum Gasteiger partial charge on any atom is 0.133 e. The lowest BCUT2D eigenvalue weighted by Crippen LogP contribution is -2.49. The number of nitrogens with zero attached hydrogens (tertiary/aromatic N) is 1. The van der Waals surface area contributed by atoms with Crippen molar-refractivity contribution in [1.29, 1.82) is 0 Å². The Hall–Kier alpha value is -1.35. The van der Waals surface area contributed by atoms with Crippen LogP contribution in [0.5, 0.6) is 5.75 Å². The molecule has 0 spiro atoms. The van der Waals surface area contributed by atoms with Gasteiger partial charge in [0.15, 0.2) is 0 Å². The van der Waals surface area contributed by atoms with Crippen LogP contribution in [-0.2, 0) is 10.3 Å². The highest BCUT2D eigenvalue weighted by atomic mass is 16.3. The van der Waals surface area contributed by atoms with Crippen LogP contribution in [0, 0.1) is 0 Å². The molecule has 1 aliphatic carbocycles. The Kier molecular flexibility index (Phi) is 5.40. The molecule has 1 aliphatic rings. The SMILES string of the molecule is CCCCN(CC)C1(c2cccc(O)c2)CCC(=O)CC1. The average molecular weight is 289 g/mol. The molecule has 0 saturated heterocycles.